The van der Waals surface area contributed by atoms with Crippen LogP contribution in [0.4, 0.5) is 17.1 Å². The van der Waals surface area contributed by atoms with Gasteiger partial charge in [0.2, 0.25) is 0 Å². The summed E-state index contributed by atoms with van der Waals surface area (Å²) in [7, 11) is 20.8. The Labute approximate surface area is 391 Å². The van der Waals surface area contributed by atoms with E-state index in [0.29, 0.717) is 0 Å². The Bertz CT molecular complexity index is 2170. The van der Waals surface area contributed by atoms with Crippen LogP contribution in [0, 0.1) is 13.8 Å². The molecular weight excluding hydrogens is 777 g/mol. The lowest BCUT2D eigenvalue weighted by molar-refractivity contribution is -0.870. The minimum atomic E-state index is 0.0485. The number of fused-ring (bicyclic) bond motifs is 3. The summed E-state index contributed by atoms with van der Waals surface area (Å²) >= 11 is 0. The average Bonchev–Trinajstić information content (AvgIpc) is 3.49. The van der Waals surface area contributed by atoms with Crippen molar-refractivity contribution in [1.29, 1.82) is 0 Å². The molecule has 0 N–H and O–H groups in total. The van der Waals surface area contributed by atoms with E-state index in [2.05, 4.69) is 191 Å². The van der Waals surface area contributed by atoms with Gasteiger partial charge in [0.25, 0.3) is 0 Å². The van der Waals surface area contributed by atoms with Gasteiger partial charge in [0.05, 0.1) is 83.1 Å². The quantitative estimate of drug-likeness (QED) is 0.0417. The maximum atomic E-state index is 2.61. The van der Waals surface area contributed by atoms with Crippen molar-refractivity contribution >= 4 is 17.1 Å². The molecule has 0 aromatic heterocycles. The van der Waals surface area contributed by atoms with E-state index in [1.54, 1.807) is 11.1 Å². The Morgan fingerprint density at radius 3 is 1.27 bits per heavy atom. The zero-order chi connectivity index (χ0) is 46.0. The molecule has 4 heteroatoms. The fourth-order valence-electron chi connectivity index (χ4n) is 10.2. The number of rotatable bonds is 25. The molecule has 0 heterocycles. The summed E-state index contributed by atoms with van der Waals surface area (Å²) in [6.07, 6.45) is 19.2. The van der Waals surface area contributed by atoms with Gasteiger partial charge in [-0.3, -0.25) is 0 Å². The summed E-state index contributed by atoms with van der Waals surface area (Å²) in [6, 6.07) is 42.5. The monoisotopic (exact) mass is 864 g/mol. The fraction of sp³-hybridized carbons (Fsp3) is 0.500. The van der Waals surface area contributed by atoms with E-state index < -0.39 is 0 Å². The third-order valence-corrected chi connectivity index (χ3v) is 13.9. The summed E-state index contributed by atoms with van der Waals surface area (Å²) in [4.78, 5) is 2.42. The van der Waals surface area contributed by atoms with E-state index >= 15 is 0 Å². The van der Waals surface area contributed by atoms with Crippen LogP contribution in [0.1, 0.15) is 118 Å². The number of aryl methyl sites for hydroxylation is 3. The second-order valence-corrected chi connectivity index (χ2v) is 22.8. The van der Waals surface area contributed by atoms with E-state index in [-0.39, 0.29) is 5.41 Å². The first-order chi connectivity index (χ1) is 30.4. The van der Waals surface area contributed by atoms with Crippen molar-refractivity contribution in [2.75, 3.05) is 88.0 Å². The Hall–Kier alpha value is -4.22. The Balaban J connectivity index is 1.26. The molecule has 4 nitrogen and oxygen atoms in total. The van der Waals surface area contributed by atoms with Gasteiger partial charge in [-0.2, -0.15) is 0 Å². The first-order valence-corrected chi connectivity index (χ1v) is 25.1. The molecule has 0 saturated heterocycles. The summed E-state index contributed by atoms with van der Waals surface area (Å²) in [5, 5.41) is 0. The lowest BCUT2D eigenvalue weighted by Crippen LogP contribution is -2.35. The molecule has 5 aromatic rings. The van der Waals surface area contributed by atoms with Crippen molar-refractivity contribution in [2.45, 2.75) is 116 Å². The van der Waals surface area contributed by atoms with Crippen molar-refractivity contribution in [2.24, 2.45) is 0 Å². The van der Waals surface area contributed by atoms with Crippen LogP contribution >= 0.6 is 0 Å². The van der Waals surface area contributed by atoms with Crippen molar-refractivity contribution in [3.05, 3.63) is 137 Å². The van der Waals surface area contributed by atoms with E-state index in [1.165, 1.54) is 166 Å². The Morgan fingerprint density at radius 1 is 0.375 bits per heavy atom. The summed E-state index contributed by atoms with van der Waals surface area (Å²) in [5.74, 6) is 0. The first kappa shape index (κ1) is 49.2. The van der Waals surface area contributed by atoms with E-state index in [1.807, 2.05) is 0 Å². The Kier molecular flexibility index (Phi) is 16.8. The van der Waals surface area contributed by atoms with Gasteiger partial charge in [-0.15, -0.1) is 0 Å². The van der Waals surface area contributed by atoms with Crippen LogP contribution in [0.15, 0.2) is 109 Å². The van der Waals surface area contributed by atoms with E-state index in [0.717, 1.165) is 19.9 Å². The molecule has 5 aromatic carbocycles. The van der Waals surface area contributed by atoms with Gasteiger partial charge < -0.3 is 18.3 Å². The normalized spacial score (nSPS) is 13.5. The molecule has 0 atom stereocenters. The highest BCUT2D eigenvalue weighted by Crippen LogP contribution is 2.55. The van der Waals surface area contributed by atoms with Crippen LogP contribution in [-0.4, -0.2) is 96.5 Å². The van der Waals surface area contributed by atoms with Crippen molar-refractivity contribution < 1.29 is 13.4 Å². The molecule has 1 aliphatic carbocycles. The highest BCUT2D eigenvalue weighted by atomic mass is 15.3. The fourth-order valence-corrected chi connectivity index (χ4v) is 10.2. The second-order valence-electron chi connectivity index (χ2n) is 22.8. The Morgan fingerprint density at radius 2 is 0.766 bits per heavy atom. The van der Waals surface area contributed by atoms with E-state index in [4.69, 9.17) is 0 Å². The molecule has 0 amide bonds. The van der Waals surface area contributed by atoms with Crippen LogP contribution in [0.5, 0.6) is 0 Å². The maximum Gasteiger partial charge on any atom is 0.0780 e. The predicted molar refractivity (Wildman–Crippen MR) is 279 cm³/mol. The number of nitrogens with zero attached hydrogens (tertiary/aromatic N) is 4. The van der Waals surface area contributed by atoms with Gasteiger partial charge in [0.15, 0.2) is 0 Å². The number of unbranched alkanes of at least 4 members (excludes halogenated alkanes) is 9. The van der Waals surface area contributed by atoms with Gasteiger partial charge in [-0.1, -0.05) is 110 Å². The number of quaternary nitrogens is 3. The second kappa shape index (κ2) is 21.8. The molecule has 0 radical (unpaired) electrons. The molecule has 0 saturated carbocycles. The number of hydrogen-bond acceptors (Lipinski definition) is 1. The van der Waals surface area contributed by atoms with Gasteiger partial charge in [0.1, 0.15) is 0 Å². The molecule has 0 fully saturated rings. The van der Waals surface area contributed by atoms with E-state index in [9.17, 15) is 0 Å². The predicted octanol–water partition coefficient (Wildman–Crippen LogP) is 14.8. The van der Waals surface area contributed by atoms with Crippen molar-refractivity contribution in [3.63, 3.8) is 0 Å². The number of hydrogen-bond donors (Lipinski definition) is 0. The summed E-state index contributed by atoms with van der Waals surface area (Å²) < 4.78 is 3.16. The molecule has 0 unspecified atom stereocenters. The lowest BCUT2D eigenvalue weighted by Gasteiger charge is -2.33. The topological polar surface area (TPSA) is 3.24 Å². The van der Waals surface area contributed by atoms with Gasteiger partial charge in [-0.05, 0) is 159 Å². The molecule has 0 spiro atoms. The zero-order valence-corrected chi connectivity index (χ0v) is 42.4. The third kappa shape index (κ3) is 13.9. The smallest absolute Gasteiger partial charge is 0.0780 e. The SMILES string of the molecule is Cc1ccc(N(c2ccc(CCCCCC[N+](C)(C)C)cc2)c2ccc(-c3ccc4c(c3)C(CCCCCC[N+](C)(C)C)(CCCCCC[N+](C)(C)C)c3cc(C)ccc3-4)cc2)cc1. The third-order valence-electron chi connectivity index (χ3n) is 13.9. The maximum absolute atomic E-state index is 2.61. The van der Waals surface area contributed by atoms with Gasteiger partial charge in [-0.25, -0.2) is 0 Å². The van der Waals surface area contributed by atoms with Gasteiger partial charge in [0, 0.05) is 22.5 Å². The van der Waals surface area contributed by atoms with Crippen LogP contribution in [0.2, 0.25) is 0 Å². The standard InChI is InChI=1S/C60H87N4/c1-48-25-33-53(34-26-48)61(54-35-28-50(29-36-54)24-18-12-15-21-43-62(3,4)5)55-37-30-51(31-38-55)52-32-40-57-56-39-27-49(2)46-58(56)60(59(57)47-52,41-19-13-16-22-44-63(6,7)8)42-20-14-17-23-45-64(9,10)11/h25-40,46-47H,12-24,41-45H2,1-11H3/q+3. The lowest BCUT2D eigenvalue weighted by atomic mass is 9.70. The molecule has 6 rings (SSSR count). The number of benzene rings is 5. The van der Waals surface area contributed by atoms with Crippen molar-refractivity contribution in [1.82, 2.24) is 0 Å². The average molecular weight is 864 g/mol. The molecule has 344 valence electrons. The first-order valence-electron chi connectivity index (χ1n) is 25.1. The zero-order valence-electron chi connectivity index (χ0n) is 42.4. The summed E-state index contributed by atoms with van der Waals surface area (Å²) in [6.45, 7) is 8.22. The highest BCUT2D eigenvalue weighted by molar-refractivity contribution is 5.85. The van der Waals surface area contributed by atoms with Crippen LogP contribution in [0.25, 0.3) is 22.3 Å². The van der Waals surface area contributed by atoms with Crippen molar-refractivity contribution in [3.8, 4) is 22.3 Å². The largest absolute Gasteiger partial charge is 0.331 e. The minimum Gasteiger partial charge on any atom is -0.331 e. The molecule has 0 bridgehead atoms. The van der Waals surface area contributed by atoms with Crippen LogP contribution in [0.3, 0.4) is 0 Å². The summed E-state index contributed by atoms with van der Waals surface area (Å²) in [5.41, 5.74) is 16.4. The molecule has 64 heavy (non-hydrogen) atoms. The highest BCUT2D eigenvalue weighted by Gasteiger charge is 2.42. The van der Waals surface area contributed by atoms with Crippen LogP contribution < -0.4 is 4.90 Å². The molecule has 0 aliphatic heterocycles. The van der Waals surface area contributed by atoms with Gasteiger partial charge >= 0.3 is 0 Å². The van der Waals surface area contributed by atoms with Crippen LogP contribution in [-0.2, 0) is 11.8 Å². The number of anilines is 3. The molecule has 1 aliphatic rings. The molecular formula is C60H87N4+3. The minimum absolute atomic E-state index is 0.0485.